The molecule has 0 radical (unpaired) electrons. The summed E-state index contributed by atoms with van der Waals surface area (Å²) in [6.07, 6.45) is -2.72. The first kappa shape index (κ1) is 29.9. The van der Waals surface area contributed by atoms with E-state index in [4.69, 9.17) is 19.9 Å². The summed E-state index contributed by atoms with van der Waals surface area (Å²) in [5.74, 6) is -2.85. The van der Waals surface area contributed by atoms with Crippen molar-refractivity contribution in [3.8, 4) is 11.5 Å². The van der Waals surface area contributed by atoms with E-state index in [-0.39, 0.29) is 9.39 Å². The first-order valence-electron chi connectivity index (χ1n) is 12.9. The average Bonchev–Trinajstić information content (AvgIpc) is 3.21. The summed E-state index contributed by atoms with van der Waals surface area (Å²) in [5.41, 5.74) is 1.20. The van der Waals surface area contributed by atoms with E-state index in [1.54, 1.807) is 78.9 Å². The van der Waals surface area contributed by atoms with Crippen molar-refractivity contribution in [1.29, 1.82) is 0 Å². The van der Waals surface area contributed by atoms with Crippen LogP contribution in [0.4, 0.5) is 10.2 Å². The minimum atomic E-state index is -3.71. The lowest BCUT2D eigenvalue weighted by Crippen LogP contribution is -2.68. The summed E-state index contributed by atoms with van der Waals surface area (Å²) < 4.78 is 35.6. The number of anilines is 1. The van der Waals surface area contributed by atoms with Gasteiger partial charge in [0, 0.05) is 6.20 Å². The zero-order valence-corrected chi connectivity index (χ0v) is 24.8. The molecule has 42 heavy (non-hydrogen) atoms. The van der Waals surface area contributed by atoms with Crippen molar-refractivity contribution in [3.05, 3.63) is 116 Å². The molecule has 0 spiro atoms. The van der Waals surface area contributed by atoms with Gasteiger partial charge in [-0.05, 0) is 63.5 Å². The predicted molar refractivity (Wildman–Crippen MR) is 160 cm³/mol. The third kappa shape index (κ3) is 4.28. The molecular formula is C30H29FIN3O7. The Labute approximate surface area is 254 Å². The van der Waals surface area contributed by atoms with Crippen molar-refractivity contribution in [3.63, 3.8) is 0 Å². The lowest BCUT2D eigenvalue weighted by molar-refractivity contribution is -0.281. The van der Waals surface area contributed by atoms with Gasteiger partial charge < -0.3 is 35.3 Å². The zero-order chi connectivity index (χ0) is 30.3. The molecule has 4 atom stereocenters. The third-order valence-corrected chi connectivity index (χ3v) is 8.56. The minimum absolute atomic E-state index is 0.120. The van der Waals surface area contributed by atoms with Gasteiger partial charge in [0.15, 0.2) is 0 Å². The van der Waals surface area contributed by atoms with Gasteiger partial charge in [-0.1, -0.05) is 54.6 Å². The SMILES string of the molecule is COc1ccc(C(c2ccccc2)(c2ccc(OC)cc2)[C@@]2(n3cc(I)c(N)nc3=O)O[C@H](CO)[C@@H](O)[C@@]2(O)F)cc1. The molecule has 3 aromatic carbocycles. The zero-order valence-electron chi connectivity index (χ0n) is 22.6. The molecule has 1 saturated heterocycles. The van der Waals surface area contributed by atoms with Gasteiger partial charge in [0.2, 0.25) is 5.72 Å². The van der Waals surface area contributed by atoms with Gasteiger partial charge in [0.05, 0.1) is 29.8 Å². The van der Waals surface area contributed by atoms with E-state index in [9.17, 15) is 20.1 Å². The van der Waals surface area contributed by atoms with Crippen LogP contribution in [0.2, 0.25) is 0 Å². The number of rotatable bonds is 8. The second kappa shape index (κ2) is 11.3. The number of aliphatic hydroxyl groups is 3. The van der Waals surface area contributed by atoms with Crippen LogP contribution in [-0.4, -0.2) is 63.8 Å². The molecule has 1 fully saturated rings. The largest absolute Gasteiger partial charge is 0.497 e. The average molecular weight is 689 g/mol. The van der Waals surface area contributed by atoms with E-state index < -0.39 is 41.5 Å². The molecule has 5 N–H and O–H groups in total. The van der Waals surface area contributed by atoms with Gasteiger partial charge >= 0.3 is 5.69 Å². The maximum atomic E-state index is 17.5. The van der Waals surface area contributed by atoms with E-state index >= 15 is 4.39 Å². The van der Waals surface area contributed by atoms with Gasteiger partial charge in [-0.3, -0.25) is 4.57 Å². The number of benzene rings is 3. The Morgan fingerprint density at radius 1 is 1.00 bits per heavy atom. The molecule has 220 valence electrons. The number of alkyl halides is 1. The van der Waals surface area contributed by atoms with Crippen molar-refractivity contribution >= 4 is 28.4 Å². The van der Waals surface area contributed by atoms with Crippen LogP contribution in [0.15, 0.2) is 89.9 Å². The smallest absolute Gasteiger partial charge is 0.352 e. The molecule has 2 heterocycles. The van der Waals surface area contributed by atoms with Gasteiger partial charge in [-0.2, -0.15) is 4.98 Å². The number of halogens is 2. The lowest BCUT2D eigenvalue weighted by Gasteiger charge is -2.52. The van der Waals surface area contributed by atoms with Crippen LogP contribution in [-0.2, 0) is 15.9 Å². The van der Waals surface area contributed by atoms with E-state index in [2.05, 4.69) is 4.98 Å². The summed E-state index contributed by atoms with van der Waals surface area (Å²) in [5, 5.41) is 33.3. The molecule has 0 saturated carbocycles. The first-order valence-corrected chi connectivity index (χ1v) is 13.9. The molecular weight excluding hydrogens is 660 g/mol. The number of methoxy groups -OCH3 is 2. The highest BCUT2D eigenvalue weighted by Crippen LogP contribution is 2.61. The maximum Gasteiger partial charge on any atom is 0.352 e. The van der Waals surface area contributed by atoms with Gasteiger partial charge in [0.25, 0.3) is 5.85 Å². The molecule has 1 aromatic heterocycles. The standard InChI is InChI=1S/C30H29FIN3O7/c1-40-21-12-8-19(9-13-21)28(18-6-4-3-5-7-18,20-10-14-22(41-2)15-11-20)30(29(31,39)25(37)24(17-36)42-30)35-16-23(32)26(33)34-27(35)38/h3-16,24-25,36-37,39H,17H2,1-2H3,(H2,33,34,38)/t24-,25-,29+,30-/m1/s1. The fourth-order valence-electron chi connectivity index (χ4n) is 5.84. The summed E-state index contributed by atoms with van der Waals surface area (Å²) in [7, 11) is 2.99. The summed E-state index contributed by atoms with van der Waals surface area (Å²) >= 11 is 1.83. The van der Waals surface area contributed by atoms with Crippen molar-refractivity contribution in [1.82, 2.24) is 9.55 Å². The minimum Gasteiger partial charge on any atom is -0.497 e. The van der Waals surface area contributed by atoms with Crippen LogP contribution in [0, 0.1) is 3.57 Å². The van der Waals surface area contributed by atoms with E-state index in [1.165, 1.54) is 20.4 Å². The third-order valence-electron chi connectivity index (χ3n) is 7.73. The summed E-state index contributed by atoms with van der Waals surface area (Å²) in [6.45, 7) is -0.876. The number of nitrogens with two attached hydrogens (primary N) is 1. The fraction of sp³-hybridized carbons (Fsp3) is 0.267. The quantitative estimate of drug-likeness (QED) is 0.162. The molecule has 0 unspecified atom stereocenters. The highest BCUT2D eigenvalue weighted by molar-refractivity contribution is 14.1. The van der Waals surface area contributed by atoms with Crippen molar-refractivity contribution in [2.45, 2.75) is 29.2 Å². The van der Waals surface area contributed by atoms with E-state index in [1.807, 2.05) is 22.6 Å². The Kier molecular flexibility index (Phi) is 8.02. The Morgan fingerprint density at radius 3 is 1.95 bits per heavy atom. The lowest BCUT2D eigenvalue weighted by atomic mass is 9.60. The number of nitrogens with zero attached hydrogens (tertiary/aromatic N) is 2. The Hall–Kier alpha value is -3.56. The number of ether oxygens (including phenoxy) is 3. The van der Waals surface area contributed by atoms with Crippen molar-refractivity contribution in [2.75, 3.05) is 26.6 Å². The Balaban J connectivity index is 2.07. The number of hydrogen-bond acceptors (Lipinski definition) is 9. The molecule has 1 aliphatic heterocycles. The molecule has 12 heteroatoms. The van der Waals surface area contributed by atoms with Crippen LogP contribution in [0.5, 0.6) is 11.5 Å². The number of aromatic nitrogens is 2. The number of nitrogen functional groups attached to an aromatic ring is 1. The van der Waals surface area contributed by atoms with Crippen LogP contribution in [0.1, 0.15) is 16.7 Å². The second-order valence-corrected chi connectivity index (χ2v) is 11.0. The highest BCUT2D eigenvalue weighted by atomic mass is 127. The van der Waals surface area contributed by atoms with Crippen LogP contribution < -0.4 is 20.9 Å². The van der Waals surface area contributed by atoms with E-state index in [0.717, 1.165) is 4.57 Å². The van der Waals surface area contributed by atoms with Gasteiger partial charge in [-0.25, -0.2) is 9.18 Å². The number of hydrogen-bond donors (Lipinski definition) is 4. The first-order chi connectivity index (χ1) is 20.1. The normalized spacial score (nSPS) is 24.0. The maximum absolute atomic E-state index is 17.5. The molecule has 0 aliphatic carbocycles. The van der Waals surface area contributed by atoms with Crippen molar-refractivity contribution in [2.24, 2.45) is 0 Å². The van der Waals surface area contributed by atoms with Gasteiger partial charge in [0.1, 0.15) is 29.5 Å². The summed E-state index contributed by atoms with van der Waals surface area (Å²) in [4.78, 5) is 17.6. The number of aliphatic hydroxyl groups excluding tert-OH is 2. The second-order valence-electron chi connectivity index (χ2n) is 9.80. The summed E-state index contributed by atoms with van der Waals surface area (Å²) in [6, 6.07) is 21.7. The van der Waals surface area contributed by atoms with E-state index in [0.29, 0.717) is 28.2 Å². The Bertz CT molecular complexity index is 1570. The highest BCUT2D eigenvalue weighted by Gasteiger charge is 2.77. The fourth-order valence-corrected chi connectivity index (χ4v) is 6.23. The monoisotopic (exact) mass is 689 g/mol. The Morgan fingerprint density at radius 2 is 1.50 bits per heavy atom. The van der Waals surface area contributed by atoms with Crippen molar-refractivity contribution < 1.29 is 33.9 Å². The van der Waals surface area contributed by atoms with Gasteiger partial charge in [-0.15, -0.1) is 0 Å². The molecule has 5 rings (SSSR count). The molecule has 0 bridgehead atoms. The van der Waals surface area contributed by atoms with Crippen LogP contribution >= 0.6 is 22.6 Å². The van der Waals surface area contributed by atoms with Crippen LogP contribution in [0.3, 0.4) is 0 Å². The molecule has 10 nitrogen and oxygen atoms in total. The van der Waals surface area contributed by atoms with Crippen LogP contribution in [0.25, 0.3) is 0 Å². The topological polar surface area (TPSA) is 149 Å². The molecule has 1 aliphatic rings. The molecule has 0 amide bonds. The molecule has 4 aromatic rings. The predicted octanol–water partition coefficient (Wildman–Crippen LogP) is 2.54.